The van der Waals surface area contributed by atoms with Gasteiger partial charge in [-0.25, -0.2) is 0 Å². The molecule has 0 aromatic heterocycles. The lowest BCUT2D eigenvalue weighted by Gasteiger charge is -2.45. The quantitative estimate of drug-likeness (QED) is 0.172. The van der Waals surface area contributed by atoms with Gasteiger partial charge in [0.05, 0.1) is 22.5 Å². The SMILES string of the molecule is CC1(C)c2ccccc2-c2cc(N(c3ccccc3)c3ccccc3-c3cccc4c3C3(c5ccccc5-4)c4ccccc4N(c4ccccc4)c4ccccc43)ccc21. The van der Waals surface area contributed by atoms with Crippen molar-refractivity contribution < 1.29 is 0 Å². The Bertz CT molecular complexity index is 3090. The van der Waals surface area contributed by atoms with Crippen molar-refractivity contribution in [1.29, 1.82) is 0 Å². The molecule has 1 spiro atoms. The Morgan fingerprint density at radius 1 is 0.350 bits per heavy atom. The van der Waals surface area contributed by atoms with Crippen LogP contribution >= 0.6 is 0 Å². The second kappa shape index (κ2) is 13.0. The number of hydrogen-bond acceptors (Lipinski definition) is 2. The number of anilines is 6. The molecular weight excluding hydrogens is 725 g/mol. The second-order valence-corrected chi connectivity index (χ2v) is 16.8. The molecule has 0 radical (unpaired) electrons. The van der Waals surface area contributed by atoms with Gasteiger partial charge in [-0.1, -0.05) is 178 Å². The monoisotopic (exact) mass is 766 g/mol. The van der Waals surface area contributed by atoms with E-state index in [-0.39, 0.29) is 5.41 Å². The highest BCUT2D eigenvalue weighted by Crippen LogP contribution is 2.65. The predicted octanol–water partition coefficient (Wildman–Crippen LogP) is 15.3. The summed E-state index contributed by atoms with van der Waals surface area (Å²) in [6.07, 6.45) is 0. The van der Waals surface area contributed by atoms with Crippen molar-refractivity contribution >= 4 is 34.1 Å². The predicted molar refractivity (Wildman–Crippen MR) is 250 cm³/mol. The van der Waals surface area contributed by atoms with Crippen molar-refractivity contribution in [2.45, 2.75) is 24.7 Å². The molecule has 1 heterocycles. The van der Waals surface area contributed by atoms with E-state index in [2.05, 4.69) is 242 Å². The van der Waals surface area contributed by atoms with Crippen LogP contribution in [0.1, 0.15) is 47.2 Å². The highest BCUT2D eigenvalue weighted by molar-refractivity contribution is 6.01. The van der Waals surface area contributed by atoms with Gasteiger partial charge in [0.2, 0.25) is 0 Å². The maximum absolute atomic E-state index is 2.47. The number of nitrogens with zero attached hydrogens (tertiary/aromatic N) is 2. The van der Waals surface area contributed by atoms with Gasteiger partial charge in [-0.2, -0.15) is 0 Å². The second-order valence-electron chi connectivity index (χ2n) is 16.8. The van der Waals surface area contributed by atoms with Crippen LogP contribution in [0.15, 0.2) is 218 Å². The zero-order chi connectivity index (χ0) is 40.0. The standard InChI is InChI=1S/C58H42N2/c1-57(2)48-29-12-9-25-43(48)47-38-41(36-37-49(47)57)59(39-20-5-3-6-21-39)53-33-16-11-26-44(53)46-28-19-27-45-42-24-10-13-30-50(42)58(56(45)46)51-31-14-17-34-54(51)60(40-22-7-4-8-23-40)55-35-18-15-32-52(55)58/h3-38H,1-2H3. The topological polar surface area (TPSA) is 6.48 Å². The zero-order valence-corrected chi connectivity index (χ0v) is 33.7. The molecule has 284 valence electrons. The molecule has 0 fully saturated rings. The minimum atomic E-state index is -0.589. The van der Waals surface area contributed by atoms with Crippen molar-refractivity contribution in [2.75, 3.05) is 9.80 Å². The van der Waals surface area contributed by atoms with E-state index in [9.17, 15) is 0 Å². The highest BCUT2D eigenvalue weighted by atomic mass is 15.2. The number of para-hydroxylation sites is 5. The molecule has 0 saturated heterocycles. The molecule has 12 rings (SSSR count). The molecule has 2 heteroatoms. The smallest absolute Gasteiger partial charge is 0.0760 e. The summed E-state index contributed by atoms with van der Waals surface area (Å²) in [5, 5.41) is 0. The third-order valence-corrected chi connectivity index (χ3v) is 13.4. The van der Waals surface area contributed by atoms with Gasteiger partial charge in [-0.3, -0.25) is 0 Å². The van der Waals surface area contributed by atoms with Gasteiger partial charge >= 0.3 is 0 Å². The highest BCUT2D eigenvalue weighted by Gasteiger charge is 2.53. The van der Waals surface area contributed by atoms with Crippen LogP contribution in [0.5, 0.6) is 0 Å². The minimum absolute atomic E-state index is 0.0729. The lowest BCUT2D eigenvalue weighted by molar-refractivity contribution is 0.660. The summed E-state index contributed by atoms with van der Waals surface area (Å²) in [4.78, 5) is 4.93. The fourth-order valence-electron chi connectivity index (χ4n) is 11.0. The summed E-state index contributed by atoms with van der Waals surface area (Å²) in [6, 6.07) is 81.0. The number of rotatable bonds is 5. The number of hydrogen-bond donors (Lipinski definition) is 0. The van der Waals surface area contributed by atoms with E-state index in [0.29, 0.717) is 0 Å². The number of fused-ring (bicyclic) bond motifs is 12. The molecule has 9 aromatic carbocycles. The minimum Gasteiger partial charge on any atom is -0.310 e. The first-order valence-electron chi connectivity index (χ1n) is 21.0. The van der Waals surface area contributed by atoms with Crippen LogP contribution in [0.4, 0.5) is 34.1 Å². The van der Waals surface area contributed by atoms with Gasteiger partial charge in [0.15, 0.2) is 0 Å². The first kappa shape index (κ1) is 34.6. The van der Waals surface area contributed by atoms with Crippen LogP contribution in [0.3, 0.4) is 0 Å². The van der Waals surface area contributed by atoms with Crippen molar-refractivity contribution in [3.63, 3.8) is 0 Å². The summed E-state index contributed by atoms with van der Waals surface area (Å²) >= 11 is 0. The summed E-state index contributed by atoms with van der Waals surface area (Å²) < 4.78 is 0. The van der Waals surface area contributed by atoms with Crippen LogP contribution in [0.2, 0.25) is 0 Å². The average Bonchev–Trinajstić information content (AvgIpc) is 3.73. The Morgan fingerprint density at radius 3 is 1.52 bits per heavy atom. The first-order valence-corrected chi connectivity index (χ1v) is 21.0. The van der Waals surface area contributed by atoms with Gasteiger partial charge < -0.3 is 9.80 Å². The van der Waals surface area contributed by atoms with Crippen molar-refractivity contribution in [3.8, 4) is 33.4 Å². The molecular formula is C58H42N2. The van der Waals surface area contributed by atoms with E-state index in [1.54, 1.807) is 0 Å². The Hall–Kier alpha value is -7.42. The molecule has 0 amide bonds. The molecule has 9 aromatic rings. The number of benzene rings is 9. The summed E-state index contributed by atoms with van der Waals surface area (Å²) in [5.74, 6) is 0. The molecule has 60 heavy (non-hydrogen) atoms. The van der Waals surface area contributed by atoms with Crippen LogP contribution in [-0.2, 0) is 10.8 Å². The van der Waals surface area contributed by atoms with Gasteiger partial charge in [-0.05, 0) is 116 Å². The van der Waals surface area contributed by atoms with E-state index in [4.69, 9.17) is 0 Å². The largest absolute Gasteiger partial charge is 0.310 e. The van der Waals surface area contributed by atoms with E-state index >= 15 is 0 Å². The summed E-state index contributed by atoms with van der Waals surface area (Å²) in [7, 11) is 0. The fraction of sp³-hybridized carbons (Fsp3) is 0.0690. The fourth-order valence-corrected chi connectivity index (χ4v) is 11.0. The lowest BCUT2D eigenvalue weighted by atomic mass is 9.63. The van der Waals surface area contributed by atoms with E-state index in [0.717, 1.165) is 22.7 Å². The third-order valence-electron chi connectivity index (χ3n) is 13.4. The molecule has 0 bridgehead atoms. The third kappa shape index (κ3) is 4.70. The van der Waals surface area contributed by atoms with Crippen molar-refractivity contribution in [2.24, 2.45) is 0 Å². The maximum atomic E-state index is 2.47. The molecule has 3 aliphatic rings. The normalized spacial score (nSPS) is 14.4. The van der Waals surface area contributed by atoms with Crippen LogP contribution < -0.4 is 9.80 Å². The van der Waals surface area contributed by atoms with Gasteiger partial charge in [0, 0.05) is 28.0 Å². The van der Waals surface area contributed by atoms with Crippen molar-refractivity contribution in [3.05, 3.63) is 252 Å². The zero-order valence-electron chi connectivity index (χ0n) is 33.7. The Balaban J connectivity index is 1.14. The maximum Gasteiger partial charge on any atom is 0.0760 e. The van der Waals surface area contributed by atoms with Crippen LogP contribution in [0, 0.1) is 0 Å². The Morgan fingerprint density at radius 2 is 0.833 bits per heavy atom. The summed E-state index contributed by atoms with van der Waals surface area (Å²) in [5.41, 5.74) is 21.8. The molecule has 0 atom stereocenters. The molecule has 0 saturated carbocycles. The first-order chi connectivity index (χ1) is 29.6. The average molecular weight is 767 g/mol. The molecule has 0 unspecified atom stereocenters. The van der Waals surface area contributed by atoms with E-state index < -0.39 is 5.41 Å². The molecule has 1 aliphatic heterocycles. The van der Waals surface area contributed by atoms with Crippen LogP contribution in [-0.4, -0.2) is 0 Å². The van der Waals surface area contributed by atoms with Gasteiger partial charge in [0.1, 0.15) is 0 Å². The van der Waals surface area contributed by atoms with Gasteiger partial charge in [0.25, 0.3) is 0 Å². The Labute approximate surface area is 352 Å². The van der Waals surface area contributed by atoms with Crippen LogP contribution in [0.25, 0.3) is 33.4 Å². The summed E-state index contributed by atoms with van der Waals surface area (Å²) in [6.45, 7) is 4.71. The van der Waals surface area contributed by atoms with E-state index in [1.807, 2.05) is 0 Å². The Kier molecular flexibility index (Phi) is 7.52. The molecule has 2 aliphatic carbocycles. The molecule has 2 nitrogen and oxygen atoms in total. The van der Waals surface area contributed by atoms with Gasteiger partial charge in [-0.15, -0.1) is 0 Å². The molecule has 0 N–H and O–H groups in total. The lowest BCUT2D eigenvalue weighted by Crippen LogP contribution is -2.36. The van der Waals surface area contributed by atoms with Crippen molar-refractivity contribution in [1.82, 2.24) is 0 Å². The van der Waals surface area contributed by atoms with E-state index in [1.165, 1.54) is 78.1 Å².